The predicted molar refractivity (Wildman–Crippen MR) is 84.6 cm³/mol. The standard InChI is InChI=1S/C18H23N/c1-11-8-7-9-17(10-11)19-18-15(5)13(3)12(2)14(4)16(18)6/h7-10,19H,1-6H3. The Morgan fingerprint density at radius 3 is 1.74 bits per heavy atom. The maximum Gasteiger partial charge on any atom is 0.0449 e. The van der Waals surface area contributed by atoms with Crippen LogP contribution < -0.4 is 5.32 Å². The van der Waals surface area contributed by atoms with Gasteiger partial charge in [0.25, 0.3) is 0 Å². The van der Waals surface area contributed by atoms with E-state index in [2.05, 4.69) is 71.1 Å². The summed E-state index contributed by atoms with van der Waals surface area (Å²) in [6.45, 7) is 13.1. The fraction of sp³-hybridized carbons (Fsp3) is 0.333. The van der Waals surface area contributed by atoms with E-state index in [-0.39, 0.29) is 0 Å². The Kier molecular flexibility index (Phi) is 3.66. The van der Waals surface area contributed by atoms with Crippen LogP contribution in [0.5, 0.6) is 0 Å². The molecule has 0 saturated carbocycles. The molecule has 0 spiro atoms. The second kappa shape index (κ2) is 5.08. The van der Waals surface area contributed by atoms with Crippen molar-refractivity contribution in [1.29, 1.82) is 0 Å². The van der Waals surface area contributed by atoms with Crippen LogP contribution in [-0.2, 0) is 0 Å². The lowest BCUT2D eigenvalue weighted by Crippen LogP contribution is -2.03. The minimum atomic E-state index is 1.16. The van der Waals surface area contributed by atoms with Crippen molar-refractivity contribution in [3.05, 3.63) is 57.6 Å². The molecule has 100 valence electrons. The van der Waals surface area contributed by atoms with Crippen LogP contribution in [0.15, 0.2) is 24.3 Å². The molecule has 0 aliphatic heterocycles. The molecule has 2 rings (SSSR count). The molecule has 0 aromatic heterocycles. The molecule has 1 heteroatoms. The summed E-state index contributed by atoms with van der Waals surface area (Å²) in [7, 11) is 0. The zero-order chi connectivity index (χ0) is 14.2. The van der Waals surface area contributed by atoms with Gasteiger partial charge >= 0.3 is 0 Å². The molecule has 0 atom stereocenters. The van der Waals surface area contributed by atoms with Crippen molar-refractivity contribution in [3.8, 4) is 0 Å². The molecule has 0 amide bonds. The number of benzene rings is 2. The van der Waals surface area contributed by atoms with Crippen LogP contribution in [0.4, 0.5) is 11.4 Å². The Balaban J connectivity index is 2.52. The van der Waals surface area contributed by atoms with Crippen molar-refractivity contribution >= 4 is 11.4 Å². The van der Waals surface area contributed by atoms with Gasteiger partial charge in [-0.15, -0.1) is 0 Å². The van der Waals surface area contributed by atoms with Gasteiger partial charge in [-0.25, -0.2) is 0 Å². The van der Waals surface area contributed by atoms with Crippen molar-refractivity contribution < 1.29 is 0 Å². The molecule has 0 aliphatic carbocycles. The van der Waals surface area contributed by atoms with Crippen molar-refractivity contribution in [2.45, 2.75) is 41.5 Å². The zero-order valence-corrected chi connectivity index (χ0v) is 12.8. The molecule has 2 aromatic carbocycles. The predicted octanol–water partition coefficient (Wildman–Crippen LogP) is 5.28. The summed E-state index contributed by atoms with van der Waals surface area (Å²) in [6.07, 6.45) is 0. The average Bonchev–Trinajstić information content (AvgIpc) is 2.39. The van der Waals surface area contributed by atoms with Crippen LogP contribution >= 0.6 is 0 Å². The van der Waals surface area contributed by atoms with Crippen LogP contribution in [0.25, 0.3) is 0 Å². The molecule has 1 N–H and O–H groups in total. The van der Waals surface area contributed by atoms with E-state index in [1.54, 1.807) is 0 Å². The first-order valence-corrected chi connectivity index (χ1v) is 6.82. The second-order valence-corrected chi connectivity index (χ2v) is 5.49. The van der Waals surface area contributed by atoms with E-state index < -0.39 is 0 Å². The van der Waals surface area contributed by atoms with Crippen molar-refractivity contribution in [2.24, 2.45) is 0 Å². The number of anilines is 2. The van der Waals surface area contributed by atoms with Crippen molar-refractivity contribution in [1.82, 2.24) is 0 Å². The van der Waals surface area contributed by atoms with E-state index in [1.165, 1.54) is 39.1 Å². The maximum absolute atomic E-state index is 3.59. The van der Waals surface area contributed by atoms with Crippen LogP contribution in [0.2, 0.25) is 0 Å². The zero-order valence-electron chi connectivity index (χ0n) is 12.8. The molecular formula is C18H23N. The monoisotopic (exact) mass is 253 g/mol. The fourth-order valence-corrected chi connectivity index (χ4v) is 2.55. The van der Waals surface area contributed by atoms with Crippen LogP contribution in [-0.4, -0.2) is 0 Å². The highest BCUT2D eigenvalue weighted by molar-refractivity contribution is 5.71. The van der Waals surface area contributed by atoms with Crippen LogP contribution in [0.3, 0.4) is 0 Å². The lowest BCUT2D eigenvalue weighted by molar-refractivity contribution is 1.17. The first kappa shape index (κ1) is 13.7. The smallest absolute Gasteiger partial charge is 0.0449 e. The van der Waals surface area contributed by atoms with E-state index in [1.807, 2.05) is 0 Å². The third kappa shape index (κ3) is 2.51. The Bertz CT molecular complexity index is 595. The van der Waals surface area contributed by atoms with E-state index in [4.69, 9.17) is 0 Å². The minimum Gasteiger partial charge on any atom is -0.355 e. The number of rotatable bonds is 2. The number of hydrogen-bond donors (Lipinski definition) is 1. The molecule has 0 heterocycles. The molecule has 0 radical (unpaired) electrons. The lowest BCUT2D eigenvalue weighted by Gasteiger charge is -2.20. The fourth-order valence-electron chi connectivity index (χ4n) is 2.55. The molecule has 19 heavy (non-hydrogen) atoms. The number of nitrogens with one attached hydrogen (secondary N) is 1. The van der Waals surface area contributed by atoms with E-state index in [9.17, 15) is 0 Å². The van der Waals surface area contributed by atoms with E-state index in [0.717, 1.165) is 5.69 Å². The molecular weight excluding hydrogens is 230 g/mol. The quantitative estimate of drug-likeness (QED) is 0.767. The van der Waals surface area contributed by atoms with Crippen LogP contribution in [0, 0.1) is 41.5 Å². The molecule has 1 nitrogen and oxygen atoms in total. The Morgan fingerprint density at radius 2 is 1.21 bits per heavy atom. The normalized spacial score (nSPS) is 10.6. The summed E-state index contributed by atoms with van der Waals surface area (Å²) in [6, 6.07) is 8.52. The third-order valence-corrected chi connectivity index (χ3v) is 4.29. The Morgan fingerprint density at radius 1 is 0.684 bits per heavy atom. The summed E-state index contributed by atoms with van der Waals surface area (Å²) in [5.41, 5.74) is 10.6. The Hall–Kier alpha value is -1.76. The van der Waals surface area contributed by atoms with Crippen molar-refractivity contribution in [2.75, 3.05) is 5.32 Å². The van der Waals surface area contributed by atoms with Gasteiger partial charge in [-0.05, 0) is 87.1 Å². The molecule has 0 fully saturated rings. The lowest BCUT2D eigenvalue weighted by atomic mass is 9.93. The van der Waals surface area contributed by atoms with Gasteiger partial charge in [0.05, 0.1) is 0 Å². The maximum atomic E-state index is 3.59. The topological polar surface area (TPSA) is 12.0 Å². The minimum absolute atomic E-state index is 1.16. The summed E-state index contributed by atoms with van der Waals surface area (Å²) in [4.78, 5) is 0. The van der Waals surface area contributed by atoms with Gasteiger partial charge in [0.2, 0.25) is 0 Å². The molecule has 0 aliphatic rings. The van der Waals surface area contributed by atoms with Gasteiger partial charge in [-0.3, -0.25) is 0 Å². The highest BCUT2D eigenvalue weighted by Crippen LogP contribution is 2.32. The van der Waals surface area contributed by atoms with Gasteiger partial charge in [0.15, 0.2) is 0 Å². The average molecular weight is 253 g/mol. The van der Waals surface area contributed by atoms with Gasteiger partial charge < -0.3 is 5.32 Å². The van der Waals surface area contributed by atoms with Gasteiger partial charge in [0, 0.05) is 11.4 Å². The Labute approximate surface area is 116 Å². The molecule has 0 bridgehead atoms. The third-order valence-electron chi connectivity index (χ3n) is 4.29. The first-order valence-electron chi connectivity index (χ1n) is 6.82. The van der Waals surface area contributed by atoms with E-state index >= 15 is 0 Å². The van der Waals surface area contributed by atoms with Gasteiger partial charge in [-0.1, -0.05) is 12.1 Å². The SMILES string of the molecule is Cc1cccc(Nc2c(C)c(C)c(C)c(C)c2C)c1. The summed E-state index contributed by atoms with van der Waals surface area (Å²) in [5, 5.41) is 3.59. The van der Waals surface area contributed by atoms with Crippen LogP contribution in [0.1, 0.15) is 33.4 Å². The van der Waals surface area contributed by atoms with E-state index in [0.29, 0.717) is 0 Å². The number of hydrogen-bond acceptors (Lipinski definition) is 1. The van der Waals surface area contributed by atoms with Crippen molar-refractivity contribution in [3.63, 3.8) is 0 Å². The number of aryl methyl sites for hydroxylation is 1. The molecule has 0 saturated heterocycles. The summed E-state index contributed by atoms with van der Waals surface area (Å²) < 4.78 is 0. The second-order valence-electron chi connectivity index (χ2n) is 5.49. The van der Waals surface area contributed by atoms with Gasteiger partial charge in [-0.2, -0.15) is 0 Å². The summed E-state index contributed by atoms with van der Waals surface area (Å²) >= 11 is 0. The highest BCUT2D eigenvalue weighted by atomic mass is 14.9. The molecule has 0 unspecified atom stereocenters. The van der Waals surface area contributed by atoms with Gasteiger partial charge in [0.1, 0.15) is 0 Å². The largest absolute Gasteiger partial charge is 0.355 e. The first-order chi connectivity index (χ1) is 8.91. The molecule has 2 aromatic rings. The summed E-state index contributed by atoms with van der Waals surface area (Å²) in [5.74, 6) is 0. The highest BCUT2D eigenvalue weighted by Gasteiger charge is 2.12.